The highest BCUT2D eigenvalue weighted by Gasteiger charge is 2.38. The third-order valence-corrected chi connectivity index (χ3v) is 5.33. The van der Waals surface area contributed by atoms with Crippen LogP contribution in [-0.2, 0) is 13.0 Å². The van der Waals surface area contributed by atoms with Crippen LogP contribution in [0, 0.1) is 11.3 Å². The van der Waals surface area contributed by atoms with Gasteiger partial charge in [0.2, 0.25) is 0 Å². The van der Waals surface area contributed by atoms with Gasteiger partial charge in [-0.05, 0) is 55.8 Å². The van der Waals surface area contributed by atoms with Crippen LogP contribution in [0.4, 0.5) is 4.39 Å². The number of hydrogen-bond acceptors (Lipinski definition) is 2. The Labute approximate surface area is 170 Å². The number of nitriles is 1. The van der Waals surface area contributed by atoms with Crippen molar-refractivity contribution in [3.8, 4) is 6.07 Å². The monoisotopic (exact) mass is 380 g/mol. The van der Waals surface area contributed by atoms with Crippen molar-refractivity contribution in [2.24, 2.45) is 0 Å². The molecule has 2 aromatic carbocycles. The highest BCUT2D eigenvalue weighted by molar-refractivity contribution is 5.30. The van der Waals surface area contributed by atoms with Crippen LogP contribution in [0.25, 0.3) is 0 Å². The molecule has 28 heavy (non-hydrogen) atoms. The summed E-state index contributed by atoms with van der Waals surface area (Å²) in [7, 11) is 0. The molecule has 3 atom stereocenters. The van der Waals surface area contributed by atoms with Gasteiger partial charge in [-0.2, -0.15) is 5.26 Å². The number of benzene rings is 2. The van der Waals surface area contributed by atoms with Crippen molar-refractivity contribution in [3.05, 3.63) is 71.3 Å². The van der Waals surface area contributed by atoms with Crippen molar-refractivity contribution in [2.75, 3.05) is 6.54 Å². The maximum Gasteiger partial charge on any atom is 0.108 e. The predicted molar refractivity (Wildman–Crippen MR) is 115 cm³/mol. The van der Waals surface area contributed by atoms with E-state index in [1.54, 1.807) is 6.07 Å². The second-order valence-corrected chi connectivity index (χ2v) is 7.67. The van der Waals surface area contributed by atoms with Crippen LogP contribution in [0.15, 0.2) is 54.6 Å². The summed E-state index contributed by atoms with van der Waals surface area (Å²) in [6.45, 7) is 8.17. The first-order valence-corrected chi connectivity index (χ1v) is 10.4. The van der Waals surface area contributed by atoms with Crippen molar-refractivity contribution < 1.29 is 4.39 Å². The van der Waals surface area contributed by atoms with Crippen LogP contribution in [0.2, 0.25) is 0 Å². The number of nitrogens with zero attached hydrogens (tertiary/aromatic N) is 2. The Kier molecular flexibility index (Phi) is 9.17. The molecule has 0 heterocycles. The van der Waals surface area contributed by atoms with E-state index < -0.39 is 6.17 Å². The number of halogens is 1. The van der Waals surface area contributed by atoms with Crippen LogP contribution in [-0.4, -0.2) is 23.7 Å². The van der Waals surface area contributed by atoms with Gasteiger partial charge in [0.15, 0.2) is 0 Å². The summed E-state index contributed by atoms with van der Waals surface area (Å²) in [5.41, 5.74) is 3.92. The van der Waals surface area contributed by atoms with Crippen molar-refractivity contribution in [2.45, 2.75) is 71.1 Å². The second kappa shape index (κ2) is 11.6. The van der Waals surface area contributed by atoms with Crippen molar-refractivity contribution >= 4 is 0 Å². The van der Waals surface area contributed by atoms with Crippen LogP contribution >= 0.6 is 0 Å². The summed E-state index contributed by atoms with van der Waals surface area (Å²) in [5.74, 6) is 0.166. The molecule has 0 N–H and O–H groups in total. The van der Waals surface area contributed by atoms with E-state index in [-0.39, 0.29) is 5.92 Å². The van der Waals surface area contributed by atoms with Crippen molar-refractivity contribution in [3.63, 3.8) is 0 Å². The largest absolute Gasteiger partial charge is 0.296 e. The lowest BCUT2D eigenvalue weighted by Crippen LogP contribution is -2.33. The fraction of sp³-hybridized carbons (Fsp3) is 0.480. The van der Waals surface area contributed by atoms with Gasteiger partial charge in [0.1, 0.15) is 6.17 Å². The third kappa shape index (κ3) is 7.09. The summed E-state index contributed by atoms with van der Waals surface area (Å²) >= 11 is 0. The minimum atomic E-state index is -0.605. The van der Waals surface area contributed by atoms with Gasteiger partial charge in [0, 0.05) is 25.4 Å². The van der Waals surface area contributed by atoms with E-state index in [2.05, 4.69) is 73.3 Å². The normalized spacial score (nSPS) is 18.7. The predicted octanol–water partition coefficient (Wildman–Crippen LogP) is 6.28. The van der Waals surface area contributed by atoms with E-state index >= 15 is 0 Å². The molecule has 0 aromatic heterocycles. The van der Waals surface area contributed by atoms with Crippen LogP contribution in [0.5, 0.6) is 0 Å². The lowest BCUT2D eigenvalue weighted by molar-refractivity contribution is 0.191. The highest BCUT2D eigenvalue weighted by Crippen LogP contribution is 2.43. The average molecular weight is 381 g/mol. The van der Waals surface area contributed by atoms with Crippen LogP contribution < -0.4 is 0 Å². The van der Waals surface area contributed by atoms with Gasteiger partial charge in [-0.1, -0.05) is 61.5 Å². The van der Waals surface area contributed by atoms with Gasteiger partial charge in [0.25, 0.3) is 0 Å². The Morgan fingerprint density at radius 1 is 1.11 bits per heavy atom. The standard InChI is InChI=1S/C23H30FN.C2H3N/c1-3-15-25(17-20-7-5-4-6-8-20)18(2)9-10-19-11-13-21(14-12-19)22-16-23(22)24;1-2-3/h4-8,11-14,18,22-23H,3,9-10,15-17H2,1-2H3;1H3. The molecule has 0 spiro atoms. The summed E-state index contributed by atoms with van der Waals surface area (Å²) in [6.07, 6.45) is 3.52. The SMILES string of the molecule is CC#N.CCCN(Cc1ccccc1)C(C)CCc1ccc(C2CC2F)cc1. The molecule has 1 aliphatic carbocycles. The Hall–Kier alpha value is -2.18. The molecule has 2 aromatic rings. The first kappa shape index (κ1) is 22.1. The first-order valence-electron chi connectivity index (χ1n) is 10.4. The molecule has 1 aliphatic rings. The summed E-state index contributed by atoms with van der Waals surface area (Å²) in [6, 6.07) is 21.7. The Balaban J connectivity index is 0.000000878. The van der Waals surface area contributed by atoms with Crippen LogP contribution in [0.3, 0.4) is 0 Å². The van der Waals surface area contributed by atoms with Crippen LogP contribution in [0.1, 0.15) is 62.6 Å². The molecule has 0 saturated heterocycles. The maximum atomic E-state index is 13.2. The molecule has 0 bridgehead atoms. The summed E-state index contributed by atoms with van der Waals surface area (Å²) in [5, 5.41) is 7.32. The molecule has 0 amide bonds. The van der Waals surface area contributed by atoms with E-state index in [1.165, 1.54) is 30.0 Å². The molecule has 0 aliphatic heterocycles. The van der Waals surface area contributed by atoms with E-state index in [1.807, 2.05) is 0 Å². The Bertz CT molecular complexity index is 720. The van der Waals surface area contributed by atoms with Gasteiger partial charge in [-0.3, -0.25) is 4.90 Å². The average Bonchev–Trinajstić information content (AvgIpc) is 3.44. The molecular formula is C25H33FN2. The van der Waals surface area contributed by atoms with E-state index in [9.17, 15) is 4.39 Å². The topological polar surface area (TPSA) is 27.0 Å². The molecule has 3 rings (SSSR count). The van der Waals surface area contributed by atoms with Gasteiger partial charge in [-0.25, -0.2) is 4.39 Å². The molecular weight excluding hydrogens is 347 g/mol. The second-order valence-electron chi connectivity index (χ2n) is 7.67. The van der Waals surface area contributed by atoms with Crippen molar-refractivity contribution in [1.82, 2.24) is 4.90 Å². The number of alkyl halides is 1. The minimum absolute atomic E-state index is 0.166. The number of rotatable bonds is 9. The molecule has 1 fully saturated rings. The van der Waals surface area contributed by atoms with Gasteiger partial charge in [-0.15, -0.1) is 0 Å². The smallest absolute Gasteiger partial charge is 0.108 e. The van der Waals surface area contributed by atoms with Gasteiger partial charge in [0.05, 0.1) is 6.07 Å². The lowest BCUT2D eigenvalue weighted by atomic mass is 10.0. The molecule has 1 saturated carbocycles. The van der Waals surface area contributed by atoms with E-state index in [0.29, 0.717) is 12.5 Å². The van der Waals surface area contributed by atoms with Crippen molar-refractivity contribution in [1.29, 1.82) is 5.26 Å². The maximum absolute atomic E-state index is 13.2. The minimum Gasteiger partial charge on any atom is -0.296 e. The van der Waals surface area contributed by atoms with E-state index in [0.717, 1.165) is 25.9 Å². The fourth-order valence-electron chi connectivity index (χ4n) is 3.56. The summed E-state index contributed by atoms with van der Waals surface area (Å²) < 4.78 is 13.2. The number of aryl methyl sites for hydroxylation is 1. The van der Waals surface area contributed by atoms with Gasteiger partial charge < -0.3 is 0 Å². The zero-order chi connectivity index (χ0) is 20.4. The number of hydrogen-bond donors (Lipinski definition) is 0. The lowest BCUT2D eigenvalue weighted by Gasteiger charge is -2.29. The Morgan fingerprint density at radius 2 is 1.71 bits per heavy atom. The first-order chi connectivity index (χ1) is 13.6. The highest BCUT2D eigenvalue weighted by atomic mass is 19.1. The molecule has 3 unspecified atom stereocenters. The molecule has 150 valence electrons. The third-order valence-electron chi connectivity index (χ3n) is 5.33. The summed E-state index contributed by atoms with van der Waals surface area (Å²) in [4.78, 5) is 2.58. The zero-order valence-corrected chi connectivity index (χ0v) is 17.4. The fourth-order valence-corrected chi connectivity index (χ4v) is 3.56. The quantitative estimate of drug-likeness (QED) is 0.512. The van der Waals surface area contributed by atoms with Gasteiger partial charge >= 0.3 is 0 Å². The zero-order valence-electron chi connectivity index (χ0n) is 17.4. The molecule has 3 heteroatoms. The Morgan fingerprint density at radius 3 is 2.25 bits per heavy atom. The molecule has 0 radical (unpaired) electrons. The molecule has 2 nitrogen and oxygen atoms in total. The van der Waals surface area contributed by atoms with E-state index in [4.69, 9.17) is 5.26 Å².